The Morgan fingerprint density at radius 2 is 1.51 bits per heavy atom. The van der Waals surface area contributed by atoms with Crippen LogP contribution in [0.3, 0.4) is 0 Å². The third-order valence-electron chi connectivity index (χ3n) is 9.10. The molecule has 1 unspecified atom stereocenters. The van der Waals surface area contributed by atoms with Crippen LogP contribution in [0.2, 0.25) is 0 Å². The second kappa shape index (κ2) is 11.7. The van der Waals surface area contributed by atoms with Gasteiger partial charge in [-0.25, -0.2) is 9.07 Å². The van der Waals surface area contributed by atoms with Gasteiger partial charge in [0.1, 0.15) is 11.5 Å². The molecule has 2 atom stereocenters. The molecule has 242 valence electrons. The van der Waals surface area contributed by atoms with Crippen LogP contribution in [0.5, 0.6) is 0 Å². The van der Waals surface area contributed by atoms with Gasteiger partial charge in [-0.3, -0.25) is 9.97 Å². The third kappa shape index (κ3) is 5.38. The molecule has 1 fully saturated rings. The van der Waals surface area contributed by atoms with Crippen molar-refractivity contribution in [1.82, 2.24) is 30.2 Å². The Labute approximate surface area is 269 Å². The summed E-state index contributed by atoms with van der Waals surface area (Å²) in [6.07, 6.45) is 2.60. The maximum absolute atomic E-state index is 16.1. The second-order valence-electron chi connectivity index (χ2n) is 12.4. The Morgan fingerprint density at radius 1 is 0.830 bits per heavy atom. The minimum absolute atomic E-state index is 0.00458. The van der Waals surface area contributed by atoms with Crippen LogP contribution in [0.1, 0.15) is 36.9 Å². The number of aliphatic hydroxyl groups excluding tert-OH is 1. The Balaban J connectivity index is 1.03. The van der Waals surface area contributed by atoms with E-state index in [4.69, 9.17) is 0 Å². The number of pyridine rings is 2. The molecule has 2 aromatic carbocycles. The maximum atomic E-state index is 16.1. The first-order valence-electron chi connectivity index (χ1n) is 15.4. The van der Waals surface area contributed by atoms with E-state index in [0.29, 0.717) is 11.3 Å². The lowest BCUT2D eigenvalue weighted by Crippen LogP contribution is -2.49. The van der Waals surface area contributed by atoms with E-state index in [1.165, 1.54) is 12.3 Å². The minimum atomic E-state index is -3.86. The van der Waals surface area contributed by atoms with Gasteiger partial charge >= 0.3 is 5.92 Å². The van der Waals surface area contributed by atoms with Crippen LogP contribution < -0.4 is 9.80 Å². The molecule has 5 heterocycles. The molecule has 2 aliphatic rings. The standard InChI is InChI=1S/C34H33F3N8O2/c1-21(2)31(46)29-11-9-26(19-38-29)44-15-13-43(14-16-44)25-7-3-22(4-8-25)23-5-12-30(39-18-23)34(36,37)33(47)20-45-32(40-41-42-45)27-17-24(35)6-10-28(27)33/h3-12,17-19,21,31,46-47H,13-16,20H2,1-2H3/t31?,33-/m0/s1. The number of halogens is 3. The van der Waals surface area contributed by atoms with E-state index in [-0.39, 0.29) is 22.9 Å². The highest BCUT2D eigenvalue weighted by atomic mass is 19.3. The molecule has 2 aliphatic heterocycles. The summed E-state index contributed by atoms with van der Waals surface area (Å²) in [5.74, 6) is -4.33. The summed E-state index contributed by atoms with van der Waals surface area (Å²) < 4.78 is 47.3. The van der Waals surface area contributed by atoms with Crippen molar-refractivity contribution in [3.05, 3.63) is 102 Å². The van der Waals surface area contributed by atoms with Crippen molar-refractivity contribution in [2.45, 2.75) is 38.0 Å². The Hall–Kier alpha value is -4.88. The summed E-state index contributed by atoms with van der Waals surface area (Å²) in [5.41, 5.74) is 0.611. The fourth-order valence-corrected chi connectivity index (χ4v) is 6.29. The maximum Gasteiger partial charge on any atom is 0.323 e. The first kappa shape index (κ1) is 30.8. The van der Waals surface area contributed by atoms with E-state index in [2.05, 4.69) is 35.3 Å². The van der Waals surface area contributed by atoms with Gasteiger partial charge in [0.05, 0.1) is 30.2 Å². The van der Waals surface area contributed by atoms with Crippen molar-refractivity contribution in [1.29, 1.82) is 0 Å². The van der Waals surface area contributed by atoms with Crippen LogP contribution in [0.4, 0.5) is 24.5 Å². The fraction of sp³-hybridized carbons (Fsp3) is 0.324. The number of alkyl halides is 2. The van der Waals surface area contributed by atoms with Gasteiger partial charge < -0.3 is 20.0 Å². The monoisotopic (exact) mass is 642 g/mol. The van der Waals surface area contributed by atoms with Crippen molar-refractivity contribution in [3.63, 3.8) is 0 Å². The first-order chi connectivity index (χ1) is 22.5. The molecule has 3 aromatic heterocycles. The number of benzene rings is 2. The van der Waals surface area contributed by atoms with Crippen molar-refractivity contribution >= 4 is 11.4 Å². The number of hydrogen-bond donors (Lipinski definition) is 2. The molecule has 47 heavy (non-hydrogen) atoms. The van der Waals surface area contributed by atoms with E-state index < -0.39 is 35.7 Å². The third-order valence-corrected chi connectivity index (χ3v) is 9.10. The summed E-state index contributed by atoms with van der Waals surface area (Å²) in [6, 6.07) is 17.7. The van der Waals surface area contributed by atoms with Crippen LogP contribution in [-0.2, 0) is 18.1 Å². The molecule has 0 bridgehead atoms. The van der Waals surface area contributed by atoms with Gasteiger partial charge in [0.25, 0.3) is 0 Å². The predicted octanol–water partition coefficient (Wildman–Crippen LogP) is 4.95. The average Bonchev–Trinajstić information content (AvgIpc) is 3.56. The number of anilines is 2. The second-order valence-corrected chi connectivity index (χ2v) is 12.4. The van der Waals surface area contributed by atoms with Crippen LogP contribution in [0, 0.1) is 11.7 Å². The molecule has 0 radical (unpaired) electrons. The van der Waals surface area contributed by atoms with Gasteiger partial charge in [-0.15, -0.1) is 5.10 Å². The summed E-state index contributed by atoms with van der Waals surface area (Å²) in [7, 11) is 0. The number of fused-ring (bicyclic) bond motifs is 3. The lowest BCUT2D eigenvalue weighted by molar-refractivity contribution is -0.207. The summed E-state index contributed by atoms with van der Waals surface area (Å²) in [4.78, 5) is 13.1. The molecule has 0 saturated carbocycles. The van der Waals surface area contributed by atoms with Crippen LogP contribution in [0.25, 0.3) is 22.5 Å². The molecular formula is C34H33F3N8O2. The largest absolute Gasteiger partial charge is 0.387 e. The average molecular weight is 643 g/mol. The first-order valence-corrected chi connectivity index (χ1v) is 15.4. The zero-order chi connectivity index (χ0) is 32.9. The van der Waals surface area contributed by atoms with Gasteiger partial charge in [-0.2, -0.15) is 8.78 Å². The van der Waals surface area contributed by atoms with Crippen LogP contribution >= 0.6 is 0 Å². The van der Waals surface area contributed by atoms with Crippen LogP contribution in [0.15, 0.2) is 79.1 Å². The number of aliphatic hydroxyl groups is 2. The molecule has 0 aliphatic carbocycles. The topological polar surface area (TPSA) is 116 Å². The van der Waals surface area contributed by atoms with Crippen molar-refractivity contribution in [3.8, 4) is 22.5 Å². The number of piperazine rings is 1. The van der Waals surface area contributed by atoms with Crippen molar-refractivity contribution in [2.75, 3.05) is 36.0 Å². The van der Waals surface area contributed by atoms with E-state index >= 15 is 8.78 Å². The highest BCUT2D eigenvalue weighted by molar-refractivity contribution is 5.67. The smallest absolute Gasteiger partial charge is 0.323 e. The number of hydrogen-bond acceptors (Lipinski definition) is 9. The summed E-state index contributed by atoms with van der Waals surface area (Å²) in [6.45, 7) is 6.54. The number of rotatable bonds is 7. The Morgan fingerprint density at radius 3 is 2.15 bits per heavy atom. The van der Waals surface area contributed by atoms with Gasteiger partial charge in [-0.05, 0) is 64.4 Å². The SMILES string of the molecule is CC(C)C(O)c1ccc(N2CCN(c3ccc(-c4ccc(C(F)(F)[C@]5(O)Cn6nnnc6-c6cc(F)ccc65)nc4)cc3)CC2)cn1. The summed E-state index contributed by atoms with van der Waals surface area (Å²) in [5, 5.41) is 32.8. The quantitative estimate of drug-likeness (QED) is 0.255. The van der Waals surface area contributed by atoms with Gasteiger partial charge in [0.2, 0.25) is 0 Å². The molecule has 0 spiro atoms. The number of tetrazole rings is 1. The fourth-order valence-electron chi connectivity index (χ4n) is 6.29. The van der Waals surface area contributed by atoms with E-state index in [1.54, 1.807) is 6.07 Å². The van der Waals surface area contributed by atoms with E-state index in [9.17, 15) is 14.6 Å². The van der Waals surface area contributed by atoms with E-state index in [1.807, 2.05) is 56.4 Å². The van der Waals surface area contributed by atoms with Crippen LogP contribution in [-0.4, -0.2) is 66.6 Å². The zero-order valence-electron chi connectivity index (χ0n) is 25.8. The molecule has 1 saturated heterocycles. The zero-order valence-corrected chi connectivity index (χ0v) is 25.8. The highest BCUT2D eigenvalue weighted by Crippen LogP contribution is 2.50. The normalized spacial score (nSPS) is 18.6. The molecule has 0 amide bonds. The molecule has 2 N–H and O–H groups in total. The van der Waals surface area contributed by atoms with Gasteiger partial charge in [0, 0.05) is 54.8 Å². The summed E-state index contributed by atoms with van der Waals surface area (Å²) >= 11 is 0. The molecule has 5 aromatic rings. The highest BCUT2D eigenvalue weighted by Gasteiger charge is 2.59. The molecule has 10 nitrogen and oxygen atoms in total. The van der Waals surface area contributed by atoms with E-state index in [0.717, 1.165) is 66.0 Å². The Bertz CT molecular complexity index is 1880. The minimum Gasteiger partial charge on any atom is -0.387 e. The lowest BCUT2D eigenvalue weighted by Gasteiger charge is -2.39. The van der Waals surface area contributed by atoms with Gasteiger partial charge in [-0.1, -0.05) is 38.1 Å². The lowest BCUT2D eigenvalue weighted by atomic mass is 9.80. The van der Waals surface area contributed by atoms with Gasteiger partial charge in [0.15, 0.2) is 11.4 Å². The van der Waals surface area contributed by atoms with Crippen molar-refractivity contribution < 1.29 is 23.4 Å². The predicted molar refractivity (Wildman–Crippen MR) is 169 cm³/mol. The molecule has 7 rings (SSSR count). The Kier molecular flexibility index (Phi) is 7.68. The number of nitrogens with zero attached hydrogens (tertiary/aromatic N) is 8. The molecule has 13 heteroatoms. The number of aromatic nitrogens is 6. The van der Waals surface area contributed by atoms with Crippen molar-refractivity contribution in [2.24, 2.45) is 5.92 Å². The molecular weight excluding hydrogens is 609 g/mol.